The van der Waals surface area contributed by atoms with Crippen LogP contribution in [0.25, 0.3) is 0 Å². The minimum atomic E-state index is -1.39. The second-order valence-corrected chi connectivity index (χ2v) is 5.81. The Bertz CT molecular complexity index is 728. The Labute approximate surface area is 122 Å². The van der Waals surface area contributed by atoms with Crippen LogP contribution in [0, 0.1) is 0 Å². The van der Waals surface area contributed by atoms with E-state index in [4.69, 9.17) is 0 Å². The van der Waals surface area contributed by atoms with Gasteiger partial charge in [-0.1, -0.05) is 48.5 Å². The van der Waals surface area contributed by atoms with Crippen LogP contribution < -0.4 is 0 Å². The lowest BCUT2D eigenvalue weighted by Crippen LogP contribution is -2.41. The number of fused-ring (bicyclic) bond motifs is 3. The predicted molar refractivity (Wildman–Crippen MR) is 77.0 cm³/mol. The van der Waals surface area contributed by atoms with Gasteiger partial charge in [-0.15, -0.1) is 0 Å². The number of hydrogen-bond acceptors (Lipinski definition) is 3. The van der Waals surface area contributed by atoms with Crippen molar-refractivity contribution in [3.05, 3.63) is 70.8 Å². The number of rotatable bonds is 0. The maximum atomic E-state index is 12.1. The van der Waals surface area contributed by atoms with Crippen LogP contribution in [0.2, 0.25) is 0 Å². The molecule has 5 rings (SSSR count). The monoisotopic (exact) mass is 278 g/mol. The predicted octanol–water partition coefficient (Wildman–Crippen LogP) is 2.30. The van der Waals surface area contributed by atoms with E-state index in [0.29, 0.717) is 0 Å². The van der Waals surface area contributed by atoms with E-state index >= 15 is 0 Å². The maximum Gasteiger partial charge on any atom is 0.201 e. The van der Waals surface area contributed by atoms with Gasteiger partial charge in [-0.05, 0) is 22.3 Å². The molecule has 21 heavy (non-hydrogen) atoms. The van der Waals surface area contributed by atoms with Crippen LogP contribution in [0.5, 0.6) is 0 Å². The summed E-state index contributed by atoms with van der Waals surface area (Å²) in [5, 5.41) is 11.2. The molecule has 3 nitrogen and oxygen atoms in total. The molecule has 3 heteroatoms. The Morgan fingerprint density at radius 1 is 0.857 bits per heavy atom. The second-order valence-electron chi connectivity index (χ2n) is 5.81. The van der Waals surface area contributed by atoms with Gasteiger partial charge in [-0.25, -0.2) is 0 Å². The molecule has 0 spiro atoms. The molecular formula is C18H14O3. The number of hydrogen-bond donors (Lipinski definition) is 1. The van der Waals surface area contributed by atoms with Gasteiger partial charge in [-0.2, -0.15) is 0 Å². The van der Waals surface area contributed by atoms with Crippen molar-refractivity contribution >= 4 is 11.6 Å². The van der Waals surface area contributed by atoms with E-state index in [2.05, 4.69) is 0 Å². The molecule has 2 bridgehead atoms. The summed E-state index contributed by atoms with van der Waals surface area (Å²) in [5.41, 5.74) is 2.04. The number of Topliss-reactive ketones (excluding diaryl/α,β-unsaturated/α-hetero) is 2. The van der Waals surface area contributed by atoms with Gasteiger partial charge in [0.25, 0.3) is 0 Å². The zero-order valence-corrected chi connectivity index (χ0v) is 11.4. The number of carbonyl (C=O) groups excluding carboxylic acids is 2. The first-order valence-corrected chi connectivity index (χ1v) is 7.08. The maximum absolute atomic E-state index is 12.1. The van der Waals surface area contributed by atoms with Crippen LogP contribution in [0.3, 0.4) is 0 Å². The van der Waals surface area contributed by atoms with E-state index in [-0.39, 0.29) is 24.5 Å². The molecule has 0 saturated carbocycles. The molecule has 0 atom stereocenters. The summed E-state index contributed by atoms with van der Waals surface area (Å²) >= 11 is 0. The molecule has 0 heterocycles. The van der Waals surface area contributed by atoms with Crippen molar-refractivity contribution in [2.45, 2.75) is 24.4 Å². The summed E-state index contributed by atoms with van der Waals surface area (Å²) < 4.78 is 0. The Morgan fingerprint density at radius 3 is 1.95 bits per heavy atom. The third-order valence-electron chi connectivity index (χ3n) is 4.68. The summed E-state index contributed by atoms with van der Waals surface area (Å²) in [6, 6.07) is 15.2. The van der Waals surface area contributed by atoms with Crippen molar-refractivity contribution < 1.29 is 14.7 Å². The third-order valence-corrected chi connectivity index (χ3v) is 4.68. The topological polar surface area (TPSA) is 54.4 Å². The zero-order chi connectivity index (χ0) is 14.6. The normalized spacial score (nSPS) is 26.8. The minimum absolute atomic E-state index is 0.144. The van der Waals surface area contributed by atoms with Gasteiger partial charge < -0.3 is 5.11 Å². The average molecular weight is 278 g/mol. The SMILES string of the molecule is O=C1CC2c3ccccc3C(O)(CC1=O)c1ccccc12. The third kappa shape index (κ3) is 1.58. The van der Waals surface area contributed by atoms with Crippen molar-refractivity contribution in [1.29, 1.82) is 0 Å². The molecule has 3 aliphatic carbocycles. The van der Waals surface area contributed by atoms with Crippen LogP contribution >= 0.6 is 0 Å². The van der Waals surface area contributed by atoms with Crippen LogP contribution in [0.15, 0.2) is 48.5 Å². The highest BCUT2D eigenvalue weighted by atomic mass is 16.3. The van der Waals surface area contributed by atoms with Gasteiger partial charge in [0.1, 0.15) is 5.60 Å². The Kier molecular flexibility index (Phi) is 2.45. The number of aliphatic hydroxyl groups is 1. The molecule has 2 aromatic carbocycles. The van der Waals surface area contributed by atoms with Gasteiger partial charge in [0.15, 0.2) is 5.78 Å². The van der Waals surface area contributed by atoms with E-state index in [1.165, 1.54) is 0 Å². The largest absolute Gasteiger partial charge is 0.380 e. The molecular weight excluding hydrogens is 264 g/mol. The van der Waals surface area contributed by atoms with Gasteiger partial charge in [-0.3, -0.25) is 9.59 Å². The fourth-order valence-electron chi connectivity index (χ4n) is 3.71. The van der Waals surface area contributed by atoms with Crippen molar-refractivity contribution in [2.24, 2.45) is 0 Å². The smallest absolute Gasteiger partial charge is 0.201 e. The first-order valence-electron chi connectivity index (χ1n) is 7.08. The number of carbonyl (C=O) groups is 2. The molecule has 0 radical (unpaired) electrons. The summed E-state index contributed by atoms with van der Waals surface area (Å²) in [4.78, 5) is 24.1. The molecule has 104 valence electrons. The van der Waals surface area contributed by atoms with Crippen molar-refractivity contribution in [1.82, 2.24) is 0 Å². The molecule has 0 aliphatic heterocycles. The quantitative estimate of drug-likeness (QED) is 0.752. The van der Waals surface area contributed by atoms with Crippen LogP contribution in [-0.4, -0.2) is 16.7 Å². The molecule has 0 fully saturated rings. The highest BCUT2D eigenvalue weighted by Crippen LogP contribution is 2.50. The van der Waals surface area contributed by atoms with Crippen LogP contribution in [0.1, 0.15) is 41.0 Å². The van der Waals surface area contributed by atoms with Gasteiger partial charge in [0.2, 0.25) is 5.78 Å². The lowest BCUT2D eigenvalue weighted by Gasteiger charge is -2.41. The number of benzene rings is 2. The van der Waals surface area contributed by atoms with Crippen molar-refractivity contribution in [3.63, 3.8) is 0 Å². The lowest BCUT2D eigenvalue weighted by atomic mass is 9.64. The van der Waals surface area contributed by atoms with E-state index in [1.54, 1.807) is 0 Å². The van der Waals surface area contributed by atoms with Gasteiger partial charge in [0.05, 0.1) is 6.42 Å². The van der Waals surface area contributed by atoms with E-state index in [9.17, 15) is 14.7 Å². The minimum Gasteiger partial charge on any atom is -0.380 e. The van der Waals surface area contributed by atoms with E-state index in [1.807, 2.05) is 48.5 Å². The molecule has 0 saturated heterocycles. The van der Waals surface area contributed by atoms with Crippen molar-refractivity contribution in [2.75, 3.05) is 0 Å². The highest BCUT2D eigenvalue weighted by Gasteiger charge is 2.47. The Morgan fingerprint density at radius 2 is 1.38 bits per heavy atom. The van der Waals surface area contributed by atoms with Crippen LogP contribution in [0.4, 0.5) is 0 Å². The zero-order valence-electron chi connectivity index (χ0n) is 11.4. The molecule has 2 aromatic rings. The fourth-order valence-corrected chi connectivity index (χ4v) is 3.71. The summed E-state index contributed by atoms with van der Waals surface area (Å²) in [6.45, 7) is 0. The van der Waals surface area contributed by atoms with Crippen LogP contribution in [-0.2, 0) is 15.2 Å². The summed E-state index contributed by atoms with van der Waals surface area (Å²) in [6.07, 6.45) is 0.00944. The molecule has 0 unspecified atom stereocenters. The molecule has 1 N–H and O–H groups in total. The molecule has 3 aliphatic rings. The average Bonchev–Trinajstić information content (AvgIpc) is 2.50. The Hall–Kier alpha value is -2.26. The highest BCUT2D eigenvalue weighted by molar-refractivity contribution is 6.38. The standard InChI is InChI=1S/C18H14O3/c19-16-9-13-11-5-1-3-7-14(11)18(21,10-17(16)20)15-8-4-2-6-12(13)15/h1-8,13,21H,9-10H2. The van der Waals surface area contributed by atoms with Gasteiger partial charge >= 0.3 is 0 Å². The summed E-state index contributed by atoms with van der Waals surface area (Å²) in [5.74, 6) is -1.01. The van der Waals surface area contributed by atoms with Crippen molar-refractivity contribution in [3.8, 4) is 0 Å². The van der Waals surface area contributed by atoms with E-state index < -0.39 is 11.4 Å². The number of ketones is 2. The molecule has 0 amide bonds. The summed E-state index contributed by atoms with van der Waals surface area (Å²) in [7, 11) is 0. The van der Waals surface area contributed by atoms with E-state index in [0.717, 1.165) is 22.3 Å². The Balaban J connectivity index is 2.10. The fraction of sp³-hybridized carbons (Fsp3) is 0.222. The van der Waals surface area contributed by atoms with Gasteiger partial charge in [0, 0.05) is 12.3 Å². The first-order chi connectivity index (χ1) is 10.1. The molecule has 0 aromatic heterocycles. The first kappa shape index (κ1) is 12.5. The second kappa shape index (κ2) is 4.12. The lowest BCUT2D eigenvalue weighted by molar-refractivity contribution is -0.139.